The van der Waals surface area contributed by atoms with Crippen molar-refractivity contribution in [3.8, 4) is 0 Å². The lowest BCUT2D eigenvalue weighted by atomic mass is 9.45. The highest BCUT2D eigenvalue weighted by Crippen LogP contribution is 2.67. The molecular formula is C26H38O4. The molecule has 4 aliphatic carbocycles. The van der Waals surface area contributed by atoms with E-state index in [2.05, 4.69) is 20.8 Å². The summed E-state index contributed by atoms with van der Waals surface area (Å²) in [6.45, 7) is 12.3. The molecule has 0 saturated heterocycles. The van der Waals surface area contributed by atoms with E-state index in [0.29, 0.717) is 35.9 Å². The van der Waals surface area contributed by atoms with Gasteiger partial charge in [0.25, 0.3) is 0 Å². The zero-order valence-corrected chi connectivity index (χ0v) is 19.5. The summed E-state index contributed by atoms with van der Waals surface area (Å²) < 4.78 is 5.67. The molecule has 3 fully saturated rings. The van der Waals surface area contributed by atoms with Crippen molar-refractivity contribution >= 4 is 17.5 Å². The molecule has 0 aromatic carbocycles. The van der Waals surface area contributed by atoms with Crippen molar-refractivity contribution in [1.29, 1.82) is 0 Å². The maximum Gasteiger partial charge on any atom is 0.309 e. The van der Waals surface area contributed by atoms with Gasteiger partial charge in [0.15, 0.2) is 11.9 Å². The van der Waals surface area contributed by atoms with Gasteiger partial charge in [0.1, 0.15) is 5.78 Å². The molecule has 0 N–H and O–H groups in total. The Morgan fingerprint density at radius 2 is 1.83 bits per heavy atom. The van der Waals surface area contributed by atoms with Gasteiger partial charge in [0.2, 0.25) is 0 Å². The lowest BCUT2D eigenvalue weighted by molar-refractivity contribution is -0.161. The largest absolute Gasteiger partial charge is 0.454 e. The molecule has 30 heavy (non-hydrogen) atoms. The minimum absolute atomic E-state index is 0.0417. The number of allylic oxidation sites excluding steroid dienone is 1. The third kappa shape index (κ3) is 3.12. The number of fused-ring (bicyclic) bond motifs is 5. The van der Waals surface area contributed by atoms with Crippen LogP contribution in [-0.2, 0) is 19.1 Å². The van der Waals surface area contributed by atoms with E-state index in [9.17, 15) is 14.4 Å². The molecule has 0 aromatic rings. The van der Waals surface area contributed by atoms with Gasteiger partial charge in [-0.3, -0.25) is 14.4 Å². The fourth-order valence-corrected chi connectivity index (χ4v) is 8.07. The topological polar surface area (TPSA) is 60.4 Å². The first-order valence-electron chi connectivity index (χ1n) is 12.0. The summed E-state index contributed by atoms with van der Waals surface area (Å²) in [5.41, 5.74) is 1.29. The Bertz CT molecular complexity index is 795. The highest BCUT2D eigenvalue weighted by Gasteiger charge is 2.61. The zero-order valence-electron chi connectivity index (χ0n) is 19.5. The van der Waals surface area contributed by atoms with Crippen LogP contribution >= 0.6 is 0 Å². The Balaban J connectivity index is 1.65. The van der Waals surface area contributed by atoms with Gasteiger partial charge in [-0.15, -0.1) is 0 Å². The van der Waals surface area contributed by atoms with Crippen molar-refractivity contribution in [2.24, 2.45) is 46.3 Å². The van der Waals surface area contributed by atoms with E-state index in [4.69, 9.17) is 4.74 Å². The molecule has 4 heteroatoms. The van der Waals surface area contributed by atoms with Crippen LogP contribution in [0.5, 0.6) is 0 Å². The monoisotopic (exact) mass is 414 g/mol. The Morgan fingerprint density at radius 3 is 2.47 bits per heavy atom. The smallest absolute Gasteiger partial charge is 0.309 e. The quantitative estimate of drug-likeness (QED) is 0.600. The van der Waals surface area contributed by atoms with Gasteiger partial charge in [0, 0.05) is 12.3 Å². The normalized spacial score (nSPS) is 45.3. The van der Waals surface area contributed by atoms with Crippen molar-refractivity contribution in [3.63, 3.8) is 0 Å². The van der Waals surface area contributed by atoms with E-state index < -0.39 is 6.10 Å². The van der Waals surface area contributed by atoms with E-state index in [1.165, 1.54) is 5.57 Å². The lowest BCUT2D eigenvalue weighted by Crippen LogP contribution is -2.54. The predicted molar refractivity (Wildman–Crippen MR) is 116 cm³/mol. The first-order chi connectivity index (χ1) is 14.0. The van der Waals surface area contributed by atoms with Crippen molar-refractivity contribution in [2.45, 2.75) is 86.2 Å². The van der Waals surface area contributed by atoms with Gasteiger partial charge < -0.3 is 4.74 Å². The number of carbonyl (C=O) groups is 3. The van der Waals surface area contributed by atoms with Crippen molar-refractivity contribution in [3.05, 3.63) is 11.6 Å². The Hall–Kier alpha value is -1.45. The Labute approximate surface area is 181 Å². The van der Waals surface area contributed by atoms with Crippen LogP contribution in [0.4, 0.5) is 0 Å². The predicted octanol–water partition coefficient (Wildman–Crippen LogP) is 5.15. The zero-order chi connectivity index (χ0) is 22.0. The van der Waals surface area contributed by atoms with Crippen LogP contribution in [0.1, 0.15) is 80.1 Å². The maximum absolute atomic E-state index is 12.8. The lowest BCUT2D eigenvalue weighted by Gasteiger charge is -2.60. The van der Waals surface area contributed by atoms with E-state index in [1.807, 2.05) is 19.9 Å². The minimum atomic E-state index is -0.651. The van der Waals surface area contributed by atoms with Gasteiger partial charge in [0.05, 0.1) is 5.92 Å². The summed E-state index contributed by atoms with van der Waals surface area (Å²) in [5.74, 6) is 2.03. The van der Waals surface area contributed by atoms with E-state index in [1.54, 1.807) is 6.92 Å². The molecule has 0 heterocycles. The van der Waals surface area contributed by atoms with Crippen LogP contribution in [0.15, 0.2) is 11.6 Å². The summed E-state index contributed by atoms with van der Waals surface area (Å²) in [7, 11) is 0. The van der Waals surface area contributed by atoms with Crippen LogP contribution in [0.3, 0.4) is 0 Å². The fourth-order valence-electron chi connectivity index (χ4n) is 8.07. The van der Waals surface area contributed by atoms with E-state index >= 15 is 0 Å². The molecule has 4 nitrogen and oxygen atoms in total. The summed E-state index contributed by atoms with van der Waals surface area (Å²) >= 11 is 0. The van der Waals surface area contributed by atoms with E-state index in [0.717, 1.165) is 32.1 Å². The summed E-state index contributed by atoms with van der Waals surface area (Å²) in [4.78, 5) is 37.4. The van der Waals surface area contributed by atoms with Gasteiger partial charge in [-0.05, 0) is 79.6 Å². The number of hydrogen-bond acceptors (Lipinski definition) is 4. The first-order valence-corrected chi connectivity index (χ1v) is 12.0. The van der Waals surface area contributed by atoms with Gasteiger partial charge in [-0.2, -0.15) is 0 Å². The number of carbonyl (C=O) groups excluding carboxylic acids is 3. The molecular weight excluding hydrogens is 376 g/mol. The second-order valence-electron chi connectivity index (χ2n) is 11.5. The van der Waals surface area contributed by atoms with E-state index in [-0.39, 0.29) is 34.4 Å². The highest BCUT2D eigenvalue weighted by molar-refractivity contribution is 5.97. The van der Waals surface area contributed by atoms with Crippen LogP contribution in [0, 0.1) is 46.3 Å². The maximum atomic E-state index is 12.8. The molecule has 0 radical (unpaired) electrons. The van der Waals surface area contributed by atoms with Crippen molar-refractivity contribution in [1.82, 2.24) is 0 Å². The Morgan fingerprint density at radius 1 is 1.13 bits per heavy atom. The van der Waals surface area contributed by atoms with Gasteiger partial charge >= 0.3 is 5.97 Å². The van der Waals surface area contributed by atoms with Crippen LogP contribution in [-0.4, -0.2) is 23.6 Å². The van der Waals surface area contributed by atoms with Crippen molar-refractivity contribution < 1.29 is 19.1 Å². The first kappa shape index (κ1) is 21.8. The third-order valence-corrected chi connectivity index (χ3v) is 9.52. The number of ketones is 2. The average Bonchev–Trinajstić information content (AvgIpc) is 3.01. The number of esters is 1. The number of hydrogen-bond donors (Lipinski definition) is 0. The molecule has 0 aromatic heterocycles. The summed E-state index contributed by atoms with van der Waals surface area (Å²) in [5, 5.41) is 0. The summed E-state index contributed by atoms with van der Waals surface area (Å²) in [6, 6.07) is 0. The highest BCUT2D eigenvalue weighted by atomic mass is 16.5. The second kappa shape index (κ2) is 7.31. The molecule has 4 rings (SSSR count). The minimum Gasteiger partial charge on any atom is -0.454 e. The molecule has 1 unspecified atom stereocenters. The van der Waals surface area contributed by atoms with Gasteiger partial charge in [-0.1, -0.05) is 40.2 Å². The Kier molecular flexibility index (Phi) is 5.30. The number of ether oxygens (including phenoxy) is 1. The van der Waals surface area contributed by atoms with Crippen LogP contribution in [0.2, 0.25) is 0 Å². The van der Waals surface area contributed by atoms with Crippen LogP contribution in [0.25, 0.3) is 0 Å². The summed E-state index contributed by atoms with van der Waals surface area (Å²) in [6.07, 6.45) is 7.26. The fraction of sp³-hybridized carbons (Fsp3) is 0.808. The molecule has 0 amide bonds. The third-order valence-electron chi connectivity index (χ3n) is 9.52. The molecule has 0 bridgehead atoms. The van der Waals surface area contributed by atoms with Crippen molar-refractivity contribution in [2.75, 3.05) is 0 Å². The molecule has 166 valence electrons. The molecule has 0 spiro atoms. The molecule has 8 atom stereocenters. The molecule has 3 saturated carbocycles. The SMILES string of the molecule is CC(=O)[C@H]1CC[C@H]2[C@@H]3C[C@H](C)C4=CC(=O)C(OC(=O)C(C)C)C[C@]4(C)[C@H]3CC[C@]12C. The second-order valence-corrected chi connectivity index (χ2v) is 11.5. The van der Waals surface area contributed by atoms with Crippen LogP contribution < -0.4 is 0 Å². The number of rotatable bonds is 3. The number of Topliss-reactive ketones (excluding diaryl/α,β-unsaturated/α-hetero) is 1. The standard InChI is InChI=1S/C26H38O4/c1-14(2)24(29)30-23-13-26(6)20-9-10-25(5)18(16(4)27)7-8-19(25)17(20)11-15(3)21(26)12-22(23)28/h12,14-15,17-20,23H,7-11,13H2,1-6H3/t15-,17-,18+,19-,20-,23?,25+,26+/m0/s1. The van der Waals surface area contributed by atoms with Gasteiger partial charge in [-0.25, -0.2) is 0 Å². The molecule has 0 aliphatic heterocycles. The molecule has 4 aliphatic rings. The average molecular weight is 415 g/mol.